The Balaban J connectivity index is 0.000000211. The maximum atomic E-state index is 12.2. The minimum Gasteiger partial charge on any atom is -0.406 e. The Morgan fingerprint density at radius 2 is 1.21 bits per heavy atom. The Labute approximate surface area is 217 Å². The van der Waals surface area contributed by atoms with E-state index in [1.165, 1.54) is 30.3 Å². The molecule has 2 N–H and O–H groups in total. The van der Waals surface area contributed by atoms with Gasteiger partial charge in [-0.1, -0.05) is 30.3 Å². The van der Waals surface area contributed by atoms with Gasteiger partial charge in [-0.15, -0.1) is 26.3 Å². The van der Waals surface area contributed by atoms with E-state index in [9.17, 15) is 26.3 Å². The van der Waals surface area contributed by atoms with Crippen molar-refractivity contribution in [3.8, 4) is 11.5 Å². The van der Waals surface area contributed by atoms with Crippen LogP contribution in [0.1, 0.15) is 36.8 Å². The number of halogens is 6. The lowest BCUT2D eigenvalue weighted by molar-refractivity contribution is -0.275. The largest absolute Gasteiger partial charge is 0.573 e. The van der Waals surface area contributed by atoms with E-state index in [1.54, 1.807) is 18.2 Å². The number of hydrogen-bond donors (Lipinski definition) is 2. The summed E-state index contributed by atoms with van der Waals surface area (Å²) in [5, 5.41) is 6.42. The Morgan fingerprint density at radius 1 is 0.658 bits per heavy atom. The third-order valence-electron chi connectivity index (χ3n) is 5.86. The zero-order valence-corrected chi connectivity index (χ0v) is 20.7. The second kappa shape index (κ2) is 14.6. The van der Waals surface area contributed by atoms with Gasteiger partial charge in [0, 0.05) is 5.56 Å². The number of nitrogens with one attached hydrogen (secondary N) is 2. The molecule has 0 spiro atoms. The summed E-state index contributed by atoms with van der Waals surface area (Å²) in [6.07, 6.45) is -5.45. The van der Waals surface area contributed by atoms with Gasteiger partial charge in [-0.3, -0.25) is 0 Å². The van der Waals surface area contributed by atoms with E-state index in [-0.39, 0.29) is 30.3 Å². The molecule has 2 aromatic rings. The van der Waals surface area contributed by atoms with E-state index < -0.39 is 12.7 Å². The van der Waals surface area contributed by atoms with Crippen LogP contribution >= 0.6 is 0 Å². The SMILES string of the molecule is FC(F)(F)Oc1cccc(COC2CCNCC2)c1.FC(F)(F)Oc1ccccc1COC1CCNCC1. The van der Waals surface area contributed by atoms with Crippen molar-refractivity contribution >= 4 is 0 Å². The molecule has 2 aliphatic rings. The summed E-state index contributed by atoms with van der Waals surface area (Å²) in [6, 6.07) is 12.0. The van der Waals surface area contributed by atoms with E-state index in [1.807, 2.05) is 0 Å². The van der Waals surface area contributed by atoms with Gasteiger partial charge in [0.05, 0.1) is 25.4 Å². The summed E-state index contributed by atoms with van der Waals surface area (Å²) in [5.41, 5.74) is 1.10. The molecule has 2 saturated heterocycles. The van der Waals surface area contributed by atoms with Gasteiger partial charge >= 0.3 is 12.7 Å². The van der Waals surface area contributed by atoms with Crippen LogP contribution < -0.4 is 20.1 Å². The van der Waals surface area contributed by atoms with Crippen molar-refractivity contribution in [1.29, 1.82) is 0 Å². The van der Waals surface area contributed by atoms with Gasteiger partial charge in [0.25, 0.3) is 0 Å². The van der Waals surface area contributed by atoms with Crippen molar-refractivity contribution in [1.82, 2.24) is 10.6 Å². The highest BCUT2D eigenvalue weighted by molar-refractivity contribution is 5.33. The smallest absolute Gasteiger partial charge is 0.406 e. The average Bonchev–Trinajstić information content (AvgIpc) is 2.87. The first-order valence-corrected chi connectivity index (χ1v) is 12.4. The number of piperidine rings is 2. The van der Waals surface area contributed by atoms with Gasteiger partial charge in [0.15, 0.2) is 0 Å². The molecule has 2 aliphatic heterocycles. The number of benzene rings is 2. The first kappa shape index (κ1) is 30.0. The summed E-state index contributed by atoms with van der Waals surface area (Å²) < 4.78 is 92.2. The highest BCUT2D eigenvalue weighted by Gasteiger charge is 2.32. The molecule has 2 aromatic carbocycles. The first-order valence-electron chi connectivity index (χ1n) is 12.4. The van der Waals surface area contributed by atoms with Gasteiger partial charge in [0.1, 0.15) is 11.5 Å². The Hall–Kier alpha value is -2.54. The Morgan fingerprint density at radius 3 is 1.79 bits per heavy atom. The molecule has 0 radical (unpaired) electrons. The molecule has 0 bridgehead atoms. The van der Waals surface area contributed by atoms with Gasteiger partial charge in [-0.05, 0) is 75.6 Å². The molecular formula is C26H32F6N2O4. The fourth-order valence-corrected chi connectivity index (χ4v) is 4.03. The van der Waals surface area contributed by atoms with Crippen molar-refractivity contribution in [3.05, 3.63) is 59.7 Å². The fraction of sp³-hybridized carbons (Fsp3) is 0.538. The molecule has 12 heteroatoms. The molecule has 212 valence electrons. The quantitative estimate of drug-likeness (QED) is 0.411. The standard InChI is InChI=1S/2C13H16F3NO2/c14-13(15,16)19-12-3-1-2-10(8-12)9-18-11-4-6-17-7-5-11;14-13(15,16)19-12-4-2-1-3-10(12)9-18-11-5-7-17-8-6-11/h1-3,8,11,17H,4-7,9H2;1-4,11,17H,5-9H2. The van der Waals surface area contributed by atoms with Crippen LogP contribution in [0.2, 0.25) is 0 Å². The molecule has 0 aliphatic carbocycles. The van der Waals surface area contributed by atoms with Gasteiger partial charge in [-0.25, -0.2) is 0 Å². The Kier molecular flexibility index (Phi) is 11.5. The van der Waals surface area contributed by atoms with Crippen molar-refractivity contribution in [2.75, 3.05) is 26.2 Å². The molecule has 0 unspecified atom stereocenters. The monoisotopic (exact) mass is 550 g/mol. The minimum atomic E-state index is -4.68. The normalized spacial score (nSPS) is 17.4. The molecule has 0 atom stereocenters. The first-order chi connectivity index (χ1) is 18.1. The molecule has 0 saturated carbocycles. The van der Waals surface area contributed by atoms with Crippen LogP contribution in [0.5, 0.6) is 11.5 Å². The maximum absolute atomic E-state index is 12.2. The summed E-state index contributed by atoms with van der Waals surface area (Å²) in [4.78, 5) is 0. The molecule has 6 nitrogen and oxygen atoms in total. The molecule has 38 heavy (non-hydrogen) atoms. The molecule has 0 amide bonds. The molecule has 2 heterocycles. The third-order valence-corrected chi connectivity index (χ3v) is 5.86. The van der Waals surface area contributed by atoms with E-state index in [2.05, 4.69) is 20.1 Å². The molecular weight excluding hydrogens is 518 g/mol. The number of rotatable bonds is 8. The van der Waals surface area contributed by atoms with Crippen LogP contribution in [0.4, 0.5) is 26.3 Å². The fourth-order valence-electron chi connectivity index (χ4n) is 4.03. The highest BCUT2D eigenvalue weighted by atomic mass is 19.4. The Bertz CT molecular complexity index is 961. The van der Waals surface area contributed by atoms with E-state index in [0.717, 1.165) is 51.9 Å². The van der Waals surface area contributed by atoms with Crippen LogP contribution in [-0.4, -0.2) is 51.1 Å². The maximum Gasteiger partial charge on any atom is 0.573 e. The second-order valence-electron chi connectivity index (χ2n) is 8.87. The van der Waals surface area contributed by atoms with Crippen LogP contribution in [0, 0.1) is 0 Å². The van der Waals surface area contributed by atoms with Crippen molar-refractivity contribution < 1.29 is 45.3 Å². The summed E-state index contributed by atoms with van der Waals surface area (Å²) in [6.45, 7) is 4.04. The van der Waals surface area contributed by atoms with Gasteiger partial charge < -0.3 is 29.6 Å². The van der Waals surface area contributed by atoms with Crippen LogP contribution in [0.15, 0.2) is 48.5 Å². The van der Waals surface area contributed by atoms with Crippen LogP contribution in [0.25, 0.3) is 0 Å². The molecule has 0 aromatic heterocycles. The van der Waals surface area contributed by atoms with Crippen LogP contribution in [-0.2, 0) is 22.7 Å². The molecule has 2 fully saturated rings. The zero-order chi connectivity index (χ0) is 27.4. The predicted octanol–water partition coefficient (Wildman–Crippen LogP) is 5.71. The number of hydrogen-bond acceptors (Lipinski definition) is 6. The lowest BCUT2D eigenvalue weighted by Gasteiger charge is -2.23. The van der Waals surface area contributed by atoms with Gasteiger partial charge in [-0.2, -0.15) is 0 Å². The topological polar surface area (TPSA) is 61.0 Å². The summed E-state index contributed by atoms with van der Waals surface area (Å²) in [5.74, 6) is -0.400. The predicted molar refractivity (Wildman–Crippen MR) is 128 cm³/mol. The van der Waals surface area contributed by atoms with E-state index in [4.69, 9.17) is 9.47 Å². The van der Waals surface area contributed by atoms with Crippen molar-refractivity contribution in [2.24, 2.45) is 0 Å². The van der Waals surface area contributed by atoms with Crippen molar-refractivity contribution in [3.63, 3.8) is 0 Å². The van der Waals surface area contributed by atoms with Crippen LogP contribution in [0.3, 0.4) is 0 Å². The number of alkyl halides is 6. The summed E-state index contributed by atoms with van der Waals surface area (Å²) >= 11 is 0. The molecule has 4 rings (SSSR count). The summed E-state index contributed by atoms with van der Waals surface area (Å²) in [7, 11) is 0. The van der Waals surface area contributed by atoms with Crippen molar-refractivity contribution in [2.45, 2.75) is 63.8 Å². The van der Waals surface area contributed by atoms with E-state index >= 15 is 0 Å². The van der Waals surface area contributed by atoms with Gasteiger partial charge in [0.2, 0.25) is 0 Å². The number of para-hydroxylation sites is 1. The highest BCUT2D eigenvalue weighted by Crippen LogP contribution is 2.27. The van der Waals surface area contributed by atoms with E-state index in [0.29, 0.717) is 17.7 Å². The second-order valence-corrected chi connectivity index (χ2v) is 8.87. The lowest BCUT2D eigenvalue weighted by Crippen LogP contribution is -2.32. The third kappa shape index (κ3) is 11.9. The minimum absolute atomic E-state index is 0.0974. The number of ether oxygens (including phenoxy) is 4. The average molecular weight is 551 g/mol. The lowest BCUT2D eigenvalue weighted by atomic mass is 10.1. The zero-order valence-electron chi connectivity index (χ0n) is 20.7.